The number of benzene rings is 1. The van der Waals surface area contributed by atoms with Gasteiger partial charge in [-0.1, -0.05) is 64.4 Å². The molecule has 0 heterocycles. The number of amides is 3. The van der Waals surface area contributed by atoms with Crippen molar-refractivity contribution in [3.63, 3.8) is 0 Å². The van der Waals surface area contributed by atoms with Crippen molar-refractivity contribution in [2.75, 3.05) is 0 Å². The molecule has 11 nitrogen and oxygen atoms in total. The largest absolute Gasteiger partial charge is 0.481 e. The van der Waals surface area contributed by atoms with Crippen LogP contribution in [0, 0.1) is 11.8 Å². The maximum Gasteiger partial charge on any atom is 0.326 e. The second-order valence-electron chi connectivity index (χ2n) is 9.23. The molecule has 0 aliphatic heterocycles. The molecule has 1 aromatic rings. The third-order valence-corrected chi connectivity index (χ3v) is 5.94. The van der Waals surface area contributed by atoms with Crippen molar-refractivity contribution >= 4 is 29.7 Å². The fourth-order valence-electron chi connectivity index (χ4n) is 3.49. The molecule has 0 aliphatic carbocycles. The van der Waals surface area contributed by atoms with Gasteiger partial charge < -0.3 is 31.9 Å². The molecule has 0 bridgehead atoms. The zero-order valence-corrected chi connectivity index (χ0v) is 21.2. The van der Waals surface area contributed by atoms with Gasteiger partial charge in [0.25, 0.3) is 0 Å². The minimum atomic E-state index is -1.25. The first-order valence-corrected chi connectivity index (χ1v) is 12.0. The van der Waals surface area contributed by atoms with E-state index in [0.29, 0.717) is 6.42 Å². The number of hydrogen-bond acceptors (Lipinski definition) is 6. The molecule has 11 heteroatoms. The Kier molecular flexibility index (Phi) is 12.6. The Hall–Kier alpha value is -3.47. The number of rotatable bonds is 15. The molecule has 5 atom stereocenters. The number of aliphatic carboxylic acids is 2. The summed E-state index contributed by atoms with van der Waals surface area (Å²) in [5.41, 5.74) is 6.82. The van der Waals surface area contributed by atoms with Crippen LogP contribution in [0.2, 0.25) is 0 Å². The van der Waals surface area contributed by atoms with Crippen LogP contribution in [0.3, 0.4) is 0 Å². The van der Waals surface area contributed by atoms with Crippen LogP contribution >= 0.6 is 0 Å². The Bertz CT molecular complexity index is 907. The van der Waals surface area contributed by atoms with Crippen molar-refractivity contribution in [3.05, 3.63) is 35.9 Å². The molecule has 200 valence electrons. The zero-order valence-electron chi connectivity index (χ0n) is 21.2. The highest BCUT2D eigenvalue weighted by atomic mass is 16.4. The number of carboxylic acid groups (broad SMARTS) is 2. The molecule has 1 rings (SSSR count). The van der Waals surface area contributed by atoms with Gasteiger partial charge in [0.2, 0.25) is 17.7 Å². The summed E-state index contributed by atoms with van der Waals surface area (Å²) < 4.78 is 0. The number of carbonyl (C=O) groups is 5. The maximum absolute atomic E-state index is 13.1. The maximum atomic E-state index is 13.1. The van der Waals surface area contributed by atoms with Crippen LogP contribution in [0.5, 0.6) is 0 Å². The van der Waals surface area contributed by atoms with Gasteiger partial charge in [-0.15, -0.1) is 0 Å². The molecule has 0 radical (unpaired) electrons. The van der Waals surface area contributed by atoms with Crippen molar-refractivity contribution in [2.45, 2.75) is 77.5 Å². The van der Waals surface area contributed by atoms with Crippen molar-refractivity contribution < 1.29 is 34.2 Å². The van der Waals surface area contributed by atoms with Crippen molar-refractivity contribution in [2.24, 2.45) is 17.6 Å². The van der Waals surface area contributed by atoms with Crippen molar-refractivity contribution in [1.82, 2.24) is 16.0 Å². The average Bonchev–Trinajstić information content (AvgIpc) is 2.82. The average molecular weight is 507 g/mol. The summed E-state index contributed by atoms with van der Waals surface area (Å²) >= 11 is 0. The van der Waals surface area contributed by atoms with Crippen molar-refractivity contribution in [1.29, 1.82) is 0 Å². The van der Waals surface area contributed by atoms with Gasteiger partial charge in [0.1, 0.15) is 18.1 Å². The van der Waals surface area contributed by atoms with Crippen LogP contribution in [0.15, 0.2) is 30.3 Å². The van der Waals surface area contributed by atoms with E-state index < -0.39 is 66.2 Å². The summed E-state index contributed by atoms with van der Waals surface area (Å²) in [7, 11) is 0. The lowest BCUT2D eigenvalue weighted by atomic mass is 9.96. The molecule has 0 fully saturated rings. The molecule has 0 aliphatic rings. The third-order valence-electron chi connectivity index (χ3n) is 5.94. The number of carbonyl (C=O) groups excluding carboxylic acids is 3. The third kappa shape index (κ3) is 10.0. The highest BCUT2D eigenvalue weighted by Gasteiger charge is 2.33. The molecule has 0 saturated carbocycles. The smallest absolute Gasteiger partial charge is 0.326 e. The first kappa shape index (κ1) is 30.6. The Morgan fingerprint density at radius 3 is 1.94 bits per heavy atom. The Morgan fingerprint density at radius 1 is 0.861 bits per heavy atom. The normalized spacial score (nSPS) is 15.2. The Morgan fingerprint density at radius 2 is 1.44 bits per heavy atom. The molecule has 0 spiro atoms. The molecular weight excluding hydrogens is 468 g/mol. The second kappa shape index (κ2) is 14.8. The quantitative estimate of drug-likeness (QED) is 0.200. The van der Waals surface area contributed by atoms with Gasteiger partial charge in [-0.3, -0.25) is 19.2 Å². The summed E-state index contributed by atoms with van der Waals surface area (Å²) in [4.78, 5) is 61.4. The lowest BCUT2D eigenvalue weighted by molar-refractivity contribution is -0.144. The number of nitrogens with one attached hydrogen (secondary N) is 3. The molecule has 36 heavy (non-hydrogen) atoms. The van der Waals surface area contributed by atoms with Crippen LogP contribution in [0.25, 0.3) is 0 Å². The van der Waals surface area contributed by atoms with Crippen LogP contribution in [-0.2, 0) is 30.4 Å². The van der Waals surface area contributed by atoms with Crippen LogP contribution in [-0.4, -0.2) is 64.0 Å². The molecule has 3 amide bonds. The van der Waals surface area contributed by atoms with E-state index in [0.717, 1.165) is 5.56 Å². The van der Waals surface area contributed by atoms with Gasteiger partial charge in [-0.2, -0.15) is 0 Å². The fourth-order valence-corrected chi connectivity index (χ4v) is 3.49. The van der Waals surface area contributed by atoms with E-state index in [1.54, 1.807) is 52.0 Å². The summed E-state index contributed by atoms with van der Waals surface area (Å²) in [6, 6.07) is 4.56. The monoisotopic (exact) mass is 506 g/mol. The Labute approximate surface area is 211 Å². The predicted octanol–water partition coefficient (Wildman–Crippen LogP) is 0.662. The minimum absolute atomic E-state index is 0.212. The molecule has 1 aromatic carbocycles. The van der Waals surface area contributed by atoms with Gasteiger partial charge in [-0.25, -0.2) is 4.79 Å². The predicted molar refractivity (Wildman–Crippen MR) is 133 cm³/mol. The van der Waals surface area contributed by atoms with Crippen LogP contribution in [0.1, 0.15) is 52.5 Å². The highest BCUT2D eigenvalue weighted by Crippen LogP contribution is 2.12. The highest BCUT2D eigenvalue weighted by molar-refractivity contribution is 5.94. The van der Waals surface area contributed by atoms with E-state index in [-0.39, 0.29) is 18.8 Å². The van der Waals surface area contributed by atoms with Gasteiger partial charge in [0.15, 0.2) is 0 Å². The summed E-state index contributed by atoms with van der Waals surface area (Å²) in [5.74, 6) is -5.20. The zero-order chi connectivity index (χ0) is 27.4. The number of hydrogen-bond donors (Lipinski definition) is 6. The van der Waals surface area contributed by atoms with E-state index in [1.165, 1.54) is 0 Å². The van der Waals surface area contributed by atoms with Gasteiger partial charge in [0, 0.05) is 6.42 Å². The second-order valence-corrected chi connectivity index (χ2v) is 9.23. The van der Waals surface area contributed by atoms with E-state index in [2.05, 4.69) is 16.0 Å². The minimum Gasteiger partial charge on any atom is -0.481 e. The topological polar surface area (TPSA) is 188 Å². The van der Waals surface area contributed by atoms with E-state index >= 15 is 0 Å². The number of carboxylic acids is 2. The van der Waals surface area contributed by atoms with Crippen molar-refractivity contribution in [3.8, 4) is 0 Å². The van der Waals surface area contributed by atoms with E-state index in [9.17, 15) is 29.1 Å². The summed E-state index contributed by atoms with van der Waals surface area (Å²) in [6.45, 7) is 6.81. The van der Waals surface area contributed by atoms with E-state index in [4.69, 9.17) is 10.8 Å². The molecule has 0 aromatic heterocycles. The SMILES string of the molecule is CCC(C)C(NC(=O)C(CCC(=O)O)NC(=O)C(N)Cc1ccccc1)C(=O)NC(C(=O)O)C(C)C. The molecular formula is C25H38N4O7. The fraction of sp³-hybridized carbons (Fsp3) is 0.560. The standard InChI is InChI=1S/C25H38N4O7/c1-5-15(4)21(24(34)28-20(14(2)3)25(35)36)29-23(33)18(11-12-19(30)31)27-22(32)17(26)13-16-9-7-6-8-10-16/h6-10,14-15,17-18,20-21H,5,11-13,26H2,1-4H3,(H,27,32)(H,28,34)(H,29,33)(H,30,31)(H,35,36). The molecule has 0 saturated heterocycles. The van der Waals surface area contributed by atoms with Crippen LogP contribution in [0.4, 0.5) is 0 Å². The van der Waals surface area contributed by atoms with Gasteiger partial charge in [-0.05, 0) is 30.2 Å². The van der Waals surface area contributed by atoms with E-state index in [1.807, 2.05) is 6.07 Å². The number of nitrogens with two attached hydrogens (primary N) is 1. The molecule has 7 N–H and O–H groups in total. The molecule has 5 unspecified atom stereocenters. The first-order valence-electron chi connectivity index (χ1n) is 12.0. The first-order chi connectivity index (χ1) is 16.9. The lowest BCUT2D eigenvalue weighted by Crippen LogP contribution is -2.59. The van der Waals surface area contributed by atoms with Crippen LogP contribution < -0.4 is 21.7 Å². The summed E-state index contributed by atoms with van der Waals surface area (Å²) in [5, 5.41) is 26.0. The Balaban J connectivity index is 3.02. The summed E-state index contributed by atoms with van der Waals surface area (Å²) in [6.07, 6.45) is 0.0833. The van der Waals surface area contributed by atoms with Gasteiger partial charge >= 0.3 is 11.9 Å². The van der Waals surface area contributed by atoms with Gasteiger partial charge in [0.05, 0.1) is 6.04 Å². The lowest BCUT2D eigenvalue weighted by Gasteiger charge is -2.28.